The zero-order valence-electron chi connectivity index (χ0n) is 24.1. The number of fused-ring (bicyclic) bond motifs is 1. The summed E-state index contributed by atoms with van der Waals surface area (Å²) in [6.07, 6.45) is 1.69. The molecular formula is C35H38N4O3. The minimum Gasteiger partial charge on any atom is -0.508 e. The fourth-order valence-electron chi connectivity index (χ4n) is 5.72. The van der Waals surface area contributed by atoms with Crippen molar-refractivity contribution in [1.82, 2.24) is 10.6 Å². The van der Waals surface area contributed by atoms with E-state index in [4.69, 9.17) is 5.73 Å². The van der Waals surface area contributed by atoms with Gasteiger partial charge in [-0.3, -0.25) is 9.59 Å². The van der Waals surface area contributed by atoms with Crippen LogP contribution in [0, 0.1) is 13.8 Å². The highest BCUT2D eigenvalue weighted by Gasteiger charge is 2.28. The number of nitrogens with one attached hydrogen (secondary N) is 3. The number of aryl methyl sites for hydroxylation is 2. The fraction of sp³-hybridized carbons (Fsp3) is 0.257. The second-order valence-electron chi connectivity index (χ2n) is 11.1. The summed E-state index contributed by atoms with van der Waals surface area (Å²) in [6, 6.07) is 26.3. The van der Waals surface area contributed by atoms with Crippen LogP contribution >= 0.6 is 0 Å². The lowest BCUT2D eigenvalue weighted by Gasteiger charge is -2.31. The molecule has 5 rings (SSSR count). The Kier molecular flexibility index (Phi) is 8.88. The molecule has 4 aromatic carbocycles. The van der Waals surface area contributed by atoms with Gasteiger partial charge in [-0.15, -0.1) is 0 Å². The minimum atomic E-state index is -0.758. The van der Waals surface area contributed by atoms with Crippen molar-refractivity contribution in [2.75, 3.05) is 11.9 Å². The summed E-state index contributed by atoms with van der Waals surface area (Å²) in [6.45, 7) is 4.85. The van der Waals surface area contributed by atoms with E-state index in [-0.39, 0.29) is 23.6 Å². The highest BCUT2D eigenvalue weighted by atomic mass is 16.3. The molecule has 1 aliphatic rings. The van der Waals surface area contributed by atoms with Crippen molar-refractivity contribution in [3.8, 4) is 5.75 Å². The summed E-state index contributed by atoms with van der Waals surface area (Å²) in [5.41, 5.74) is 14.5. The highest BCUT2D eigenvalue weighted by molar-refractivity contribution is 6.01. The lowest BCUT2D eigenvalue weighted by atomic mass is 9.90. The van der Waals surface area contributed by atoms with Crippen LogP contribution in [0.4, 0.5) is 5.69 Å². The summed E-state index contributed by atoms with van der Waals surface area (Å²) in [5, 5.41) is 19.6. The van der Waals surface area contributed by atoms with Gasteiger partial charge in [0.2, 0.25) is 5.91 Å². The molecule has 42 heavy (non-hydrogen) atoms. The average molecular weight is 563 g/mol. The van der Waals surface area contributed by atoms with Crippen LogP contribution in [0.25, 0.3) is 0 Å². The van der Waals surface area contributed by atoms with Crippen molar-refractivity contribution in [3.63, 3.8) is 0 Å². The van der Waals surface area contributed by atoms with Gasteiger partial charge in [0.05, 0.1) is 23.3 Å². The number of aromatic hydroxyl groups is 1. The van der Waals surface area contributed by atoms with Crippen LogP contribution < -0.4 is 21.7 Å². The van der Waals surface area contributed by atoms with Crippen LogP contribution in [0.2, 0.25) is 0 Å². The number of phenols is 1. The number of nitrogens with two attached hydrogens (primary N) is 1. The molecule has 7 nitrogen and oxygen atoms in total. The first-order valence-electron chi connectivity index (χ1n) is 14.4. The van der Waals surface area contributed by atoms with Gasteiger partial charge >= 0.3 is 0 Å². The van der Waals surface area contributed by atoms with Crippen molar-refractivity contribution < 1.29 is 14.7 Å². The monoisotopic (exact) mass is 562 g/mol. The molecule has 0 spiro atoms. The zero-order chi connectivity index (χ0) is 29.6. The van der Waals surface area contributed by atoms with E-state index in [1.54, 1.807) is 12.1 Å². The number of carbonyl (C=O) groups excluding carboxylic acids is 2. The second kappa shape index (κ2) is 12.9. The minimum absolute atomic E-state index is 0.167. The summed E-state index contributed by atoms with van der Waals surface area (Å²) in [4.78, 5) is 26.9. The smallest absolute Gasteiger partial charge is 0.253 e. The molecule has 4 aromatic rings. The number of amides is 2. The van der Waals surface area contributed by atoms with E-state index in [9.17, 15) is 14.7 Å². The summed E-state index contributed by atoms with van der Waals surface area (Å²) in [7, 11) is 0. The molecule has 2 unspecified atom stereocenters. The molecule has 2 amide bonds. The van der Waals surface area contributed by atoms with E-state index in [2.05, 4.69) is 34.1 Å². The van der Waals surface area contributed by atoms with E-state index in [0.29, 0.717) is 37.9 Å². The van der Waals surface area contributed by atoms with Gasteiger partial charge in [-0.25, -0.2) is 0 Å². The van der Waals surface area contributed by atoms with E-state index in [1.807, 2.05) is 68.4 Å². The molecule has 0 fully saturated rings. The van der Waals surface area contributed by atoms with Crippen molar-refractivity contribution in [2.45, 2.75) is 51.7 Å². The van der Waals surface area contributed by atoms with Crippen LogP contribution in [-0.2, 0) is 24.2 Å². The molecule has 0 radical (unpaired) electrons. The van der Waals surface area contributed by atoms with Crippen molar-refractivity contribution in [3.05, 3.63) is 129 Å². The maximum atomic E-state index is 13.5. The number of anilines is 1. The number of hydrogen-bond acceptors (Lipinski definition) is 5. The van der Waals surface area contributed by atoms with Crippen LogP contribution in [0.1, 0.15) is 61.8 Å². The number of carbonyl (C=O) groups is 2. The lowest BCUT2D eigenvalue weighted by molar-refractivity contribution is -0.123. The third-order valence-electron chi connectivity index (χ3n) is 7.89. The Labute approximate surface area is 247 Å². The van der Waals surface area contributed by atoms with Gasteiger partial charge in [0, 0.05) is 13.1 Å². The van der Waals surface area contributed by atoms with Gasteiger partial charge < -0.3 is 26.8 Å². The molecule has 1 heterocycles. The Morgan fingerprint density at radius 3 is 2.24 bits per heavy atom. The molecule has 1 aliphatic heterocycles. The molecule has 216 valence electrons. The quantitative estimate of drug-likeness (QED) is 0.195. The van der Waals surface area contributed by atoms with Crippen LogP contribution in [0.3, 0.4) is 0 Å². The largest absolute Gasteiger partial charge is 0.508 e. The first-order chi connectivity index (χ1) is 20.3. The topological polar surface area (TPSA) is 116 Å². The van der Waals surface area contributed by atoms with Crippen molar-refractivity contribution in [1.29, 1.82) is 0 Å². The molecule has 0 aliphatic carbocycles. The normalized spacial score (nSPS) is 14.8. The molecule has 0 saturated carbocycles. The Morgan fingerprint density at radius 2 is 1.57 bits per heavy atom. The Hall–Kier alpha value is -4.62. The number of hydrogen-bond donors (Lipinski definition) is 5. The fourth-order valence-corrected chi connectivity index (χ4v) is 5.72. The van der Waals surface area contributed by atoms with Gasteiger partial charge in [0.1, 0.15) is 5.75 Å². The molecular weight excluding hydrogens is 524 g/mol. The van der Waals surface area contributed by atoms with Crippen LogP contribution in [0.15, 0.2) is 84.9 Å². The molecule has 2 atom stereocenters. The number of benzene rings is 4. The van der Waals surface area contributed by atoms with Crippen molar-refractivity contribution in [2.24, 2.45) is 5.73 Å². The second-order valence-corrected chi connectivity index (χ2v) is 11.1. The number of phenolic OH excluding ortho intramolecular Hbond substituents is 1. The maximum Gasteiger partial charge on any atom is 0.253 e. The first-order valence-corrected chi connectivity index (χ1v) is 14.4. The Morgan fingerprint density at radius 1 is 0.929 bits per heavy atom. The van der Waals surface area contributed by atoms with Gasteiger partial charge in [0.25, 0.3) is 5.91 Å². The Bertz CT molecular complexity index is 1550. The molecule has 0 aromatic heterocycles. The molecule has 0 saturated heterocycles. The lowest BCUT2D eigenvalue weighted by Crippen LogP contribution is -2.45. The third kappa shape index (κ3) is 6.81. The van der Waals surface area contributed by atoms with Gasteiger partial charge in [-0.2, -0.15) is 0 Å². The van der Waals surface area contributed by atoms with Gasteiger partial charge in [-0.05, 0) is 90.3 Å². The van der Waals surface area contributed by atoms with Crippen LogP contribution in [0.5, 0.6) is 5.75 Å². The molecule has 0 bridgehead atoms. The average Bonchev–Trinajstić information content (AvgIpc) is 2.98. The van der Waals surface area contributed by atoms with E-state index in [0.717, 1.165) is 44.6 Å². The van der Waals surface area contributed by atoms with Crippen molar-refractivity contribution >= 4 is 17.5 Å². The van der Waals surface area contributed by atoms with E-state index < -0.39 is 6.04 Å². The van der Waals surface area contributed by atoms with Crippen LogP contribution in [-0.4, -0.2) is 29.5 Å². The maximum absolute atomic E-state index is 13.5. The predicted molar refractivity (Wildman–Crippen MR) is 167 cm³/mol. The van der Waals surface area contributed by atoms with Gasteiger partial charge in [0.15, 0.2) is 0 Å². The summed E-state index contributed by atoms with van der Waals surface area (Å²) in [5.74, 6) is -0.212. The summed E-state index contributed by atoms with van der Waals surface area (Å²) < 4.78 is 0. The summed E-state index contributed by atoms with van der Waals surface area (Å²) >= 11 is 0. The molecule has 7 heteroatoms. The zero-order valence-corrected chi connectivity index (χ0v) is 24.1. The standard InChI is InChI=1S/C35H38N4O3/c1-22-15-27(40)16-23(2)28(22)20-31(36)35(42)39-32-13-14-37-33-29(32)18-26(17-24-9-5-3-6-10-24)19-30(33)34(41)38-21-25-11-7-4-8-12-25/h3-12,15-16,18-19,31-32,37,40H,13-14,17,20-21,36H2,1-2H3,(H,38,41)(H,39,42). The van der Waals surface area contributed by atoms with E-state index >= 15 is 0 Å². The third-order valence-corrected chi connectivity index (χ3v) is 7.89. The number of rotatable bonds is 9. The first kappa shape index (κ1) is 28.9. The van der Waals surface area contributed by atoms with Gasteiger partial charge in [-0.1, -0.05) is 66.7 Å². The SMILES string of the molecule is Cc1cc(O)cc(C)c1CC(N)C(=O)NC1CCNc2c(C(=O)NCc3ccccc3)cc(Cc3ccccc3)cc21. The highest BCUT2D eigenvalue weighted by Crippen LogP contribution is 2.35. The van der Waals surface area contributed by atoms with E-state index in [1.165, 1.54) is 0 Å². The molecule has 6 N–H and O–H groups in total. The predicted octanol–water partition coefficient (Wildman–Crippen LogP) is 5.07. The Balaban J connectivity index is 1.41.